The van der Waals surface area contributed by atoms with E-state index in [-0.39, 0.29) is 16.9 Å². The maximum absolute atomic E-state index is 12.6. The van der Waals surface area contributed by atoms with E-state index < -0.39 is 10.0 Å². The predicted octanol–water partition coefficient (Wildman–Crippen LogP) is 1.35. The molecule has 0 aliphatic heterocycles. The van der Waals surface area contributed by atoms with Gasteiger partial charge in [0.05, 0.1) is 6.33 Å². The fourth-order valence-corrected chi connectivity index (χ4v) is 4.31. The molecule has 1 aliphatic carbocycles. The second-order valence-corrected chi connectivity index (χ2v) is 7.13. The first-order valence-corrected chi connectivity index (χ1v) is 8.13. The SMILES string of the molecule is CN(C1CCCCCC1)S(=O)(=O)c1c(N)ncn1C. The second kappa shape index (κ2) is 5.50. The number of imidazole rings is 1. The average Bonchev–Trinajstić information content (AvgIpc) is 2.59. The van der Waals surface area contributed by atoms with Crippen molar-refractivity contribution < 1.29 is 8.42 Å². The molecule has 1 aliphatic rings. The van der Waals surface area contributed by atoms with Gasteiger partial charge in [0.15, 0.2) is 10.8 Å². The third-order valence-corrected chi connectivity index (χ3v) is 5.91. The Morgan fingerprint density at radius 1 is 1.32 bits per heavy atom. The van der Waals surface area contributed by atoms with Gasteiger partial charge in [-0.1, -0.05) is 25.7 Å². The molecule has 1 fully saturated rings. The van der Waals surface area contributed by atoms with Crippen molar-refractivity contribution in [1.82, 2.24) is 13.9 Å². The molecule has 7 heteroatoms. The van der Waals surface area contributed by atoms with E-state index in [0.29, 0.717) is 0 Å². The van der Waals surface area contributed by atoms with E-state index in [2.05, 4.69) is 4.98 Å². The molecule has 1 aromatic heterocycles. The zero-order chi connectivity index (χ0) is 14.0. The van der Waals surface area contributed by atoms with Crippen molar-refractivity contribution in [2.75, 3.05) is 12.8 Å². The van der Waals surface area contributed by atoms with E-state index in [9.17, 15) is 8.42 Å². The minimum Gasteiger partial charge on any atom is -0.381 e. The Balaban J connectivity index is 2.28. The van der Waals surface area contributed by atoms with Crippen molar-refractivity contribution in [3.63, 3.8) is 0 Å². The van der Waals surface area contributed by atoms with Gasteiger partial charge < -0.3 is 10.3 Å². The van der Waals surface area contributed by atoms with Crippen molar-refractivity contribution in [1.29, 1.82) is 0 Å². The van der Waals surface area contributed by atoms with Crippen LogP contribution in [-0.4, -0.2) is 35.4 Å². The summed E-state index contributed by atoms with van der Waals surface area (Å²) in [5.41, 5.74) is 5.69. The van der Waals surface area contributed by atoms with E-state index in [1.165, 1.54) is 28.0 Å². The molecule has 1 saturated carbocycles. The molecular formula is C12H22N4O2S. The summed E-state index contributed by atoms with van der Waals surface area (Å²) < 4.78 is 28.2. The van der Waals surface area contributed by atoms with Crippen molar-refractivity contribution in [2.45, 2.75) is 49.6 Å². The average molecular weight is 286 g/mol. The molecule has 1 heterocycles. The van der Waals surface area contributed by atoms with Gasteiger partial charge in [-0.2, -0.15) is 4.31 Å². The minimum absolute atomic E-state index is 0.0711. The topological polar surface area (TPSA) is 81.2 Å². The molecule has 2 N–H and O–H groups in total. The molecule has 0 aromatic carbocycles. The number of hydrogen-bond donors (Lipinski definition) is 1. The lowest BCUT2D eigenvalue weighted by molar-refractivity contribution is 0.334. The molecule has 108 valence electrons. The van der Waals surface area contributed by atoms with Gasteiger partial charge in [-0.25, -0.2) is 13.4 Å². The third-order valence-electron chi connectivity index (χ3n) is 3.87. The highest BCUT2D eigenvalue weighted by Gasteiger charge is 2.32. The van der Waals surface area contributed by atoms with E-state index in [0.717, 1.165) is 25.7 Å². The molecule has 1 aromatic rings. The van der Waals surface area contributed by atoms with Crippen LogP contribution >= 0.6 is 0 Å². The Hall–Kier alpha value is -1.08. The van der Waals surface area contributed by atoms with Gasteiger partial charge in [0.25, 0.3) is 10.0 Å². The van der Waals surface area contributed by atoms with Gasteiger partial charge in [0.2, 0.25) is 0 Å². The lowest BCUT2D eigenvalue weighted by atomic mass is 10.1. The Labute approximate surface area is 114 Å². The highest BCUT2D eigenvalue weighted by molar-refractivity contribution is 7.89. The number of aryl methyl sites for hydroxylation is 1. The van der Waals surface area contributed by atoms with Crippen LogP contribution in [0.2, 0.25) is 0 Å². The minimum atomic E-state index is -3.56. The lowest BCUT2D eigenvalue weighted by Crippen LogP contribution is -2.37. The molecule has 0 bridgehead atoms. The highest BCUT2D eigenvalue weighted by Crippen LogP contribution is 2.27. The molecular weight excluding hydrogens is 264 g/mol. The number of nitrogen functional groups attached to an aromatic ring is 1. The predicted molar refractivity (Wildman–Crippen MR) is 74.1 cm³/mol. The van der Waals surface area contributed by atoms with E-state index in [1.807, 2.05) is 0 Å². The van der Waals surface area contributed by atoms with Crippen molar-refractivity contribution in [2.24, 2.45) is 7.05 Å². The van der Waals surface area contributed by atoms with Crippen LogP contribution < -0.4 is 5.73 Å². The molecule has 0 radical (unpaired) electrons. The van der Waals surface area contributed by atoms with Crippen LogP contribution in [0.25, 0.3) is 0 Å². The summed E-state index contributed by atoms with van der Waals surface area (Å²) in [6.45, 7) is 0. The quantitative estimate of drug-likeness (QED) is 0.850. The van der Waals surface area contributed by atoms with Crippen LogP contribution in [0.5, 0.6) is 0 Å². The number of rotatable bonds is 3. The number of aromatic nitrogens is 2. The molecule has 0 spiro atoms. The summed E-state index contributed by atoms with van der Waals surface area (Å²) in [5.74, 6) is 0.0722. The molecule has 0 atom stereocenters. The lowest BCUT2D eigenvalue weighted by Gasteiger charge is -2.26. The number of hydrogen-bond acceptors (Lipinski definition) is 4. The Bertz CT molecular complexity index is 510. The van der Waals surface area contributed by atoms with Crippen LogP contribution in [0.3, 0.4) is 0 Å². The summed E-state index contributed by atoms with van der Waals surface area (Å²) in [6, 6.07) is 0.0711. The highest BCUT2D eigenvalue weighted by atomic mass is 32.2. The molecule has 0 saturated heterocycles. The number of anilines is 1. The van der Waals surface area contributed by atoms with Crippen LogP contribution in [0.4, 0.5) is 5.82 Å². The van der Waals surface area contributed by atoms with E-state index >= 15 is 0 Å². The third kappa shape index (κ3) is 2.76. The van der Waals surface area contributed by atoms with E-state index in [4.69, 9.17) is 5.73 Å². The smallest absolute Gasteiger partial charge is 0.262 e. The van der Waals surface area contributed by atoms with Gasteiger partial charge in [0, 0.05) is 20.1 Å². The second-order valence-electron chi connectivity index (χ2n) is 5.21. The van der Waals surface area contributed by atoms with E-state index in [1.54, 1.807) is 14.1 Å². The Kier molecular flexibility index (Phi) is 4.15. The maximum atomic E-state index is 12.6. The summed E-state index contributed by atoms with van der Waals surface area (Å²) >= 11 is 0. The zero-order valence-electron chi connectivity index (χ0n) is 11.5. The summed E-state index contributed by atoms with van der Waals surface area (Å²) in [5, 5.41) is 0.0965. The van der Waals surface area contributed by atoms with Gasteiger partial charge in [-0.15, -0.1) is 0 Å². The van der Waals surface area contributed by atoms with Gasteiger partial charge in [0.1, 0.15) is 0 Å². The molecule has 19 heavy (non-hydrogen) atoms. The van der Waals surface area contributed by atoms with Crippen molar-refractivity contribution >= 4 is 15.8 Å². The number of nitrogens with zero attached hydrogens (tertiary/aromatic N) is 3. The molecule has 2 rings (SSSR count). The van der Waals surface area contributed by atoms with Gasteiger partial charge in [-0.3, -0.25) is 0 Å². The largest absolute Gasteiger partial charge is 0.381 e. The fourth-order valence-electron chi connectivity index (χ4n) is 2.71. The first kappa shape index (κ1) is 14.3. The summed E-state index contributed by atoms with van der Waals surface area (Å²) in [6.07, 6.45) is 7.84. The van der Waals surface area contributed by atoms with Crippen LogP contribution in [-0.2, 0) is 17.1 Å². The standard InChI is InChI=1S/C12H22N4O2S/c1-15-9-14-11(13)12(15)19(17,18)16(2)10-7-5-3-4-6-8-10/h9-10H,3-8,13H2,1-2H3. The van der Waals surface area contributed by atoms with Crippen LogP contribution in [0.15, 0.2) is 11.4 Å². The van der Waals surface area contributed by atoms with Crippen molar-refractivity contribution in [3.05, 3.63) is 6.33 Å². The zero-order valence-corrected chi connectivity index (χ0v) is 12.4. The first-order chi connectivity index (χ1) is 8.94. The molecule has 0 unspecified atom stereocenters. The number of nitrogens with two attached hydrogens (primary N) is 1. The summed E-state index contributed by atoms with van der Waals surface area (Å²) in [4.78, 5) is 3.86. The Morgan fingerprint density at radius 3 is 2.37 bits per heavy atom. The van der Waals surface area contributed by atoms with Crippen LogP contribution in [0.1, 0.15) is 38.5 Å². The van der Waals surface area contributed by atoms with Gasteiger partial charge >= 0.3 is 0 Å². The summed E-state index contributed by atoms with van der Waals surface area (Å²) in [7, 11) is -0.263. The van der Waals surface area contributed by atoms with Crippen molar-refractivity contribution in [3.8, 4) is 0 Å². The number of sulfonamides is 1. The molecule has 0 amide bonds. The maximum Gasteiger partial charge on any atom is 0.262 e. The fraction of sp³-hybridized carbons (Fsp3) is 0.750. The Morgan fingerprint density at radius 2 is 1.89 bits per heavy atom. The van der Waals surface area contributed by atoms with Crippen LogP contribution in [0, 0.1) is 0 Å². The molecule has 6 nitrogen and oxygen atoms in total. The first-order valence-electron chi connectivity index (χ1n) is 6.69. The van der Waals surface area contributed by atoms with Gasteiger partial charge in [-0.05, 0) is 12.8 Å². The normalized spacial score (nSPS) is 18.7. The monoisotopic (exact) mass is 286 g/mol.